The largest absolute Gasteiger partial charge is 0.307 e. The van der Waals surface area contributed by atoms with E-state index in [0.29, 0.717) is 0 Å². The third-order valence-electron chi connectivity index (χ3n) is 3.83. The monoisotopic (exact) mass is 241 g/mol. The van der Waals surface area contributed by atoms with E-state index in [2.05, 4.69) is 32.7 Å². The zero-order valence-corrected chi connectivity index (χ0v) is 12.8. The molecule has 0 aliphatic carbocycles. The van der Waals surface area contributed by atoms with Gasteiger partial charge in [0.1, 0.15) is 0 Å². The molecule has 1 nitrogen and oxygen atoms in total. The second-order valence-corrected chi connectivity index (χ2v) is 5.70. The Morgan fingerprint density at radius 3 is 2.00 bits per heavy atom. The molecule has 1 heteroatoms. The van der Waals surface area contributed by atoms with Crippen LogP contribution in [0.2, 0.25) is 0 Å². The quantitative estimate of drug-likeness (QED) is 0.429. The SMILES string of the molecule is CCCCCCCC(C)CCCCN(C)CC. The summed E-state index contributed by atoms with van der Waals surface area (Å²) < 4.78 is 0. The van der Waals surface area contributed by atoms with Crippen LogP contribution in [0.15, 0.2) is 0 Å². The Bertz CT molecular complexity index is 144. The van der Waals surface area contributed by atoms with Gasteiger partial charge in [0, 0.05) is 0 Å². The lowest BCUT2D eigenvalue weighted by atomic mass is 9.97. The molecule has 104 valence electrons. The van der Waals surface area contributed by atoms with Crippen molar-refractivity contribution in [2.75, 3.05) is 20.1 Å². The topological polar surface area (TPSA) is 3.24 Å². The van der Waals surface area contributed by atoms with Gasteiger partial charge in [0.05, 0.1) is 0 Å². The fourth-order valence-corrected chi connectivity index (χ4v) is 2.27. The summed E-state index contributed by atoms with van der Waals surface area (Å²) in [6, 6.07) is 0. The average Bonchev–Trinajstić information content (AvgIpc) is 2.34. The van der Waals surface area contributed by atoms with Crippen LogP contribution in [-0.4, -0.2) is 25.0 Å². The highest BCUT2D eigenvalue weighted by Crippen LogP contribution is 2.16. The van der Waals surface area contributed by atoms with E-state index in [1.807, 2.05) is 0 Å². The molecule has 0 saturated carbocycles. The predicted molar refractivity (Wildman–Crippen MR) is 79.6 cm³/mol. The minimum Gasteiger partial charge on any atom is -0.307 e. The summed E-state index contributed by atoms with van der Waals surface area (Å²) in [6.07, 6.45) is 12.8. The molecular weight excluding hydrogens is 206 g/mol. The summed E-state index contributed by atoms with van der Waals surface area (Å²) in [5, 5.41) is 0. The van der Waals surface area contributed by atoms with Crippen LogP contribution in [0, 0.1) is 5.92 Å². The van der Waals surface area contributed by atoms with Gasteiger partial charge in [0.15, 0.2) is 0 Å². The van der Waals surface area contributed by atoms with E-state index in [1.54, 1.807) is 0 Å². The van der Waals surface area contributed by atoms with Crippen LogP contribution >= 0.6 is 0 Å². The predicted octanol–water partition coefficient (Wildman–Crippen LogP) is 5.11. The molecule has 0 N–H and O–H groups in total. The highest BCUT2D eigenvalue weighted by Gasteiger charge is 2.02. The second-order valence-electron chi connectivity index (χ2n) is 5.70. The molecule has 1 unspecified atom stereocenters. The van der Waals surface area contributed by atoms with Gasteiger partial charge in [-0.05, 0) is 32.5 Å². The third kappa shape index (κ3) is 12.2. The van der Waals surface area contributed by atoms with Crippen molar-refractivity contribution in [1.82, 2.24) is 4.90 Å². The van der Waals surface area contributed by atoms with Crippen LogP contribution in [0.4, 0.5) is 0 Å². The highest BCUT2D eigenvalue weighted by atomic mass is 15.1. The normalized spacial score (nSPS) is 13.2. The van der Waals surface area contributed by atoms with E-state index < -0.39 is 0 Å². The van der Waals surface area contributed by atoms with Crippen molar-refractivity contribution in [2.45, 2.75) is 78.6 Å². The molecule has 0 heterocycles. The van der Waals surface area contributed by atoms with Gasteiger partial charge in [0.25, 0.3) is 0 Å². The van der Waals surface area contributed by atoms with E-state index in [0.717, 1.165) is 5.92 Å². The fraction of sp³-hybridized carbons (Fsp3) is 1.00. The molecule has 17 heavy (non-hydrogen) atoms. The zero-order chi connectivity index (χ0) is 12.9. The number of rotatable bonds is 12. The first-order chi connectivity index (χ1) is 8.20. The van der Waals surface area contributed by atoms with Crippen molar-refractivity contribution >= 4 is 0 Å². The van der Waals surface area contributed by atoms with Crippen molar-refractivity contribution in [2.24, 2.45) is 5.92 Å². The summed E-state index contributed by atoms with van der Waals surface area (Å²) in [6.45, 7) is 9.42. The molecule has 0 aromatic rings. The van der Waals surface area contributed by atoms with Crippen molar-refractivity contribution in [3.05, 3.63) is 0 Å². The standard InChI is InChI=1S/C16H35N/c1-5-7-8-9-10-13-16(3)14-11-12-15-17(4)6-2/h16H,5-15H2,1-4H3. The molecule has 0 radical (unpaired) electrons. The third-order valence-corrected chi connectivity index (χ3v) is 3.83. The van der Waals surface area contributed by atoms with Crippen molar-refractivity contribution in [1.29, 1.82) is 0 Å². The smallest absolute Gasteiger partial charge is 0.00219 e. The number of hydrogen-bond donors (Lipinski definition) is 0. The van der Waals surface area contributed by atoms with Crippen LogP contribution < -0.4 is 0 Å². The van der Waals surface area contributed by atoms with Gasteiger partial charge in [-0.15, -0.1) is 0 Å². The summed E-state index contributed by atoms with van der Waals surface area (Å²) in [5.41, 5.74) is 0. The first kappa shape index (κ1) is 17.0. The van der Waals surface area contributed by atoms with Crippen molar-refractivity contribution < 1.29 is 0 Å². The molecule has 0 saturated heterocycles. The average molecular weight is 241 g/mol. The molecular formula is C16H35N. The molecule has 0 spiro atoms. The lowest BCUT2D eigenvalue weighted by molar-refractivity contribution is 0.332. The number of hydrogen-bond acceptors (Lipinski definition) is 1. The fourth-order valence-electron chi connectivity index (χ4n) is 2.27. The van der Waals surface area contributed by atoms with E-state index >= 15 is 0 Å². The first-order valence-corrected chi connectivity index (χ1v) is 7.89. The van der Waals surface area contributed by atoms with Crippen LogP contribution in [0.5, 0.6) is 0 Å². The minimum atomic E-state index is 0.948. The minimum absolute atomic E-state index is 0.948. The maximum atomic E-state index is 2.43. The second kappa shape index (κ2) is 12.4. The van der Waals surface area contributed by atoms with Crippen LogP contribution in [0.3, 0.4) is 0 Å². The Hall–Kier alpha value is -0.0400. The summed E-state index contributed by atoms with van der Waals surface area (Å²) >= 11 is 0. The van der Waals surface area contributed by atoms with E-state index in [4.69, 9.17) is 0 Å². The maximum Gasteiger partial charge on any atom is -0.00219 e. The lowest BCUT2D eigenvalue weighted by Crippen LogP contribution is -2.18. The Labute approximate surface area is 110 Å². The molecule has 0 aromatic heterocycles. The summed E-state index contributed by atoms with van der Waals surface area (Å²) in [7, 11) is 2.22. The molecule has 0 bridgehead atoms. The number of nitrogens with zero attached hydrogens (tertiary/aromatic N) is 1. The van der Waals surface area contributed by atoms with Crippen LogP contribution in [0.25, 0.3) is 0 Å². The highest BCUT2D eigenvalue weighted by molar-refractivity contribution is 4.56. The van der Waals surface area contributed by atoms with Crippen molar-refractivity contribution in [3.63, 3.8) is 0 Å². The molecule has 0 rings (SSSR count). The Morgan fingerprint density at radius 2 is 1.41 bits per heavy atom. The molecule has 0 aromatic carbocycles. The van der Waals surface area contributed by atoms with Gasteiger partial charge < -0.3 is 4.90 Å². The molecule has 0 fully saturated rings. The summed E-state index contributed by atoms with van der Waals surface area (Å²) in [5.74, 6) is 0.948. The van der Waals surface area contributed by atoms with Gasteiger partial charge in [0.2, 0.25) is 0 Å². The zero-order valence-electron chi connectivity index (χ0n) is 12.8. The molecule has 0 aliphatic rings. The Balaban J connectivity index is 3.20. The van der Waals surface area contributed by atoms with Gasteiger partial charge in [-0.25, -0.2) is 0 Å². The van der Waals surface area contributed by atoms with Gasteiger partial charge >= 0.3 is 0 Å². The number of unbranched alkanes of at least 4 members (excludes halogenated alkanes) is 5. The maximum absolute atomic E-state index is 2.43. The first-order valence-electron chi connectivity index (χ1n) is 7.89. The van der Waals surface area contributed by atoms with Crippen molar-refractivity contribution in [3.8, 4) is 0 Å². The van der Waals surface area contributed by atoms with Crippen LogP contribution in [-0.2, 0) is 0 Å². The lowest BCUT2D eigenvalue weighted by Gasteiger charge is -2.15. The van der Waals surface area contributed by atoms with Gasteiger partial charge in [-0.2, -0.15) is 0 Å². The summed E-state index contributed by atoms with van der Waals surface area (Å²) in [4.78, 5) is 2.41. The van der Waals surface area contributed by atoms with Crippen LogP contribution in [0.1, 0.15) is 78.6 Å². The molecule has 0 aliphatic heterocycles. The van der Waals surface area contributed by atoms with E-state index in [1.165, 1.54) is 70.9 Å². The van der Waals surface area contributed by atoms with E-state index in [-0.39, 0.29) is 0 Å². The van der Waals surface area contributed by atoms with E-state index in [9.17, 15) is 0 Å². The van der Waals surface area contributed by atoms with Gasteiger partial charge in [-0.3, -0.25) is 0 Å². The molecule has 1 atom stereocenters. The Morgan fingerprint density at radius 1 is 0.824 bits per heavy atom. The van der Waals surface area contributed by atoms with Gasteiger partial charge in [-0.1, -0.05) is 72.1 Å². The molecule has 0 amide bonds. The Kier molecular flexibility index (Phi) is 12.4.